The van der Waals surface area contributed by atoms with Crippen LogP contribution in [-0.4, -0.2) is 33.8 Å². The predicted octanol–water partition coefficient (Wildman–Crippen LogP) is 1.87. The average Bonchev–Trinajstić information content (AvgIpc) is 2.58. The first-order chi connectivity index (χ1) is 7.87. The lowest BCUT2D eigenvalue weighted by atomic mass is 10.1. The van der Waals surface area contributed by atoms with E-state index in [1.54, 1.807) is 0 Å². The Bertz CT molecular complexity index is 415. The van der Waals surface area contributed by atoms with Gasteiger partial charge in [-0.05, 0) is 20.3 Å². The summed E-state index contributed by atoms with van der Waals surface area (Å²) < 4.78 is 0. The quantitative estimate of drug-likeness (QED) is 0.850. The van der Waals surface area contributed by atoms with Crippen LogP contribution in [0.3, 0.4) is 0 Å². The van der Waals surface area contributed by atoms with Crippen LogP contribution in [0.2, 0.25) is 0 Å². The minimum atomic E-state index is -0.586. The van der Waals surface area contributed by atoms with E-state index in [0.717, 1.165) is 30.3 Å². The van der Waals surface area contributed by atoms with Crippen LogP contribution in [0.25, 0.3) is 0 Å². The number of aliphatic hydroxyl groups is 1. The number of nitrogens with zero attached hydrogens (tertiary/aromatic N) is 3. The standard InChI is InChI=1S/C13H21N3O/c1-9(2)12-14-10(3)7-11(15-12)16-6-5-13(4,17)8-16/h7,9,17H,5-6,8H2,1-4H3. The van der Waals surface area contributed by atoms with Gasteiger partial charge in [-0.2, -0.15) is 0 Å². The molecule has 0 radical (unpaired) electrons. The third kappa shape index (κ3) is 2.75. The molecule has 0 amide bonds. The van der Waals surface area contributed by atoms with Crippen LogP contribution in [0.1, 0.15) is 44.6 Å². The van der Waals surface area contributed by atoms with Crippen molar-refractivity contribution in [2.75, 3.05) is 18.0 Å². The lowest BCUT2D eigenvalue weighted by Gasteiger charge is -2.21. The van der Waals surface area contributed by atoms with E-state index in [2.05, 4.69) is 28.7 Å². The highest BCUT2D eigenvalue weighted by molar-refractivity contribution is 5.42. The molecule has 1 N–H and O–H groups in total. The molecule has 1 atom stereocenters. The number of rotatable bonds is 2. The van der Waals surface area contributed by atoms with E-state index < -0.39 is 5.60 Å². The Balaban J connectivity index is 2.27. The first-order valence-electron chi connectivity index (χ1n) is 6.20. The highest BCUT2D eigenvalue weighted by Crippen LogP contribution is 2.26. The fourth-order valence-corrected chi connectivity index (χ4v) is 2.14. The molecule has 4 nitrogen and oxygen atoms in total. The van der Waals surface area contributed by atoms with Crippen molar-refractivity contribution >= 4 is 5.82 Å². The van der Waals surface area contributed by atoms with Gasteiger partial charge in [0.05, 0.1) is 5.60 Å². The van der Waals surface area contributed by atoms with Crippen molar-refractivity contribution in [1.82, 2.24) is 9.97 Å². The van der Waals surface area contributed by atoms with Gasteiger partial charge in [-0.1, -0.05) is 13.8 Å². The molecule has 1 fully saturated rings. The van der Waals surface area contributed by atoms with Crippen LogP contribution in [0.15, 0.2) is 6.07 Å². The summed E-state index contributed by atoms with van der Waals surface area (Å²) >= 11 is 0. The first-order valence-corrected chi connectivity index (χ1v) is 6.20. The summed E-state index contributed by atoms with van der Waals surface area (Å²) in [5, 5.41) is 9.99. The summed E-state index contributed by atoms with van der Waals surface area (Å²) in [4.78, 5) is 11.2. The van der Waals surface area contributed by atoms with Crippen LogP contribution in [0, 0.1) is 6.92 Å². The fourth-order valence-electron chi connectivity index (χ4n) is 2.14. The van der Waals surface area contributed by atoms with Crippen molar-refractivity contribution in [1.29, 1.82) is 0 Å². The van der Waals surface area contributed by atoms with Crippen LogP contribution in [0.5, 0.6) is 0 Å². The van der Waals surface area contributed by atoms with Gasteiger partial charge in [0.15, 0.2) is 0 Å². The van der Waals surface area contributed by atoms with Gasteiger partial charge in [-0.3, -0.25) is 0 Å². The Kier molecular flexibility index (Phi) is 3.08. The van der Waals surface area contributed by atoms with Gasteiger partial charge in [-0.15, -0.1) is 0 Å². The van der Waals surface area contributed by atoms with Crippen LogP contribution in [0.4, 0.5) is 5.82 Å². The molecule has 1 aromatic heterocycles. The summed E-state index contributed by atoms with van der Waals surface area (Å²) in [5.74, 6) is 2.15. The number of hydrogen-bond donors (Lipinski definition) is 1. The van der Waals surface area contributed by atoms with Gasteiger partial charge in [0, 0.05) is 30.8 Å². The summed E-state index contributed by atoms with van der Waals surface area (Å²) in [7, 11) is 0. The molecular formula is C13H21N3O. The van der Waals surface area contributed by atoms with Crippen molar-refractivity contribution in [2.45, 2.75) is 45.6 Å². The van der Waals surface area contributed by atoms with E-state index in [-0.39, 0.29) is 0 Å². The molecule has 1 unspecified atom stereocenters. The highest BCUT2D eigenvalue weighted by atomic mass is 16.3. The smallest absolute Gasteiger partial charge is 0.133 e. The zero-order valence-corrected chi connectivity index (χ0v) is 11.1. The third-order valence-electron chi connectivity index (χ3n) is 3.15. The minimum Gasteiger partial charge on any atom is -0.388 e. The molecular weight excluding hydrogens is 214 g/mol. The Hall–Kier alpha value is -1.16. The predicted molar refractivity (Wildman–Crippen MR) is 68.3 cm³/mol. The maximum atomic E-state index is 9.99. The van der Waals surface area contributed by atoms with Gasteiger partial charge >= 0.3 is 0 Å². The first kappa shape index (κ1) is 12.3. The van der Waals surface area contributed by atoms with E-state index in [1.807, 2.05) is 19.9 Å². The lowest BCUT2D eigenvalue weighted by Crippen LogP contribution is -2.30. The van der Waals surface area contributed by atoms with Gasteiger partial charge in [0.2, 0.25) is 0 Å². The molecule has 94 valence electrons. The van der Waals surface area contributed by atoms with Gasteiger partial charge < -0.3 is 10.0 Å². The number of hydrogen-bond acceptors (Lipinski definition) is 4. The molecule has 1 aliphatic rings. The maximum absolute atomic E-state index is 9.99. The van der Waals surface area contributed by atoms with Crippen molar-refractivity contribution in [3.8, 4) is 0 Å². The van der Waals surface area contributed by atoms with Crippen LogP contribution >= 0.6 is 0 Å². The molecule has 17 heavy (non-hydrogen) atoms. The molecule has 2 heterocycles. The molecule has 4 heteroatoms. The molecule has 1 aliphatic heterocycles. The second-order valence-electron chi connectivity index (χ2n) is 5.55. The summed E-state index contributed by atoms with van der Waals surface area (Å²) in [6, 6.07) is 1.99. The van der Waals surface area contributed by atoms with E-state index >= 15 is 0 Å². The van der Waals surface area contributed by atoms with Crippen molar-refractivity contribution in [3.63, 3.8) is 0 Å². The van der Waals surface area contributed by atoms with E-state index in [1.165, 1.54) is 0 Å². The second-order valence-corrected chi connectivity index (χ2v) is 5.55. The molecule has 0 aromatic carbocycles. The molecule has 0 saturated carbocycles. The molecule has 1 aromatic rings. The molecule has 0 bridgehead atoms. The zero-order valence-electron chi connectivity index (χ0n) is 11.1. The van der Waals surface area contributed by atoms with Crippen molar-refractivity contribution in [2.24, 2.45) is 0 Å². The fraction of sp³-hybridized carbons (Fsp3) is 0.692. The van der Waals surface area contributed by atoms with E-state index in [0.29, 0.717) is 12.5 Å². The zero-order chi connectivity index (χ0) is 12.6. The average molecular weight is 235 g/mol. The Morgan fingerprint density at radius 2 is 2.12 bits per heavy atom. The van der Waals surface area contributed by atoms with Crippen molar-refractivity contribution < 1.29 is 5.11 Å². The Morgan fingerprint density at radius 1 is 1.41 bits per heavy atom. The van der Waals surface area contributed by atoms with Gasteiger partial charge in [-0.25, -0.2) is 9.97 Å². The Labute approximate surface area is 103 Å². The van der Waals surface area contributed by atoms with Crippen LogP contribution < -0.4 is 4.90 Å². The normalized spacial score (nSPS) is 24.7. The summed E-state index contributed by atoms with van der Waals surface area (Å²) in [5.41, 5.74) is 0.405. The SMILES string of the molecule is Cc1cc(N2CCC(C)(O)C2)nc(C(C)C)n1. The summed E-state index contributed by atoms with van der Waals surface area (Å²) in [6.07, 6.45) is 0.799. The van der Waals surface area contributed by atoms with E-state index in [9.17, 15) is 5.11 Å². The molecule has 0 spiro atoms. The van der Waals surface area contributed by atoms with Gasteiger partial charge in [0.1, 0.15) is 11.6 Å². The molecule has 2 rings (SSSR count). The second kappa shape index (κ2) is 4.26. The largest absolute Gasteiger partial charge is 0.388 e. The molecule has 0 aliphatic carbocycles. The molecule has 1 saturated heterocycles. The number of β-amino-alcohol motifs (C(OH)–C–C–N with tert-alkyl or cyclic N) is 1. The maximum Gasteiger partial charge on any atom is 0.133 e. The summed E-state index contributed by atoms with van der Waals surface area (Å²) in [6.45, 7) is 9.58. The highest BCUT2D eigenvalue weighted by Gasteiger charge is 2.32. The number of aryl methyl sites for hydroxylation is 1. The van der Waals surface area contributed by atoms with E-state index in [4.69, 9.17) is 0 Å². The number of anilines is 1. The topological polar surface area (TPSA) is 49.2 Å². The van der Waals surface area contributed by atoms with Crippen LogP contribution in [-0.2, 0) is 0 Å². The van der Waals surface area contributed by atoms with Gasteiger partial charge in [0.25, 0.3) is 0 Å². The van der Waals surface area contributed by atoms with Crippen molar-refractivity contribution in [3.05, 3.63) is 17.6 Å². The number of aromatic nitrogens is 2. The minimum absolute atomic E-state index is 0.330. The third-order valence-corrected chi connectivity index (χ3v) is 3.15. The Morgan fingerprint density at radius 3 is 2.65 bits per heavy atom. The monoisotopic (exact) mass is 235 g/mol. The lowest BCUT2D eigenvalue weighted by molar-refractivity contribution is 0.0839.